The number of nitrogens with one attached hydrogen (secondary N) is 2. The lowest BCUT2D eigenvalue weighted by atomic mass is 10.1. The molecule has 1 atom stereocenters. The molecule has 0 aliphatic carbocycles. The molecule has 2 N–H and O–H groups in total. The van der Waals surface area contributed by atoms with Crippen molar-refractivity contribution in [1.29, 1.82) is 0 Å². The number of hydrogen-bond acceptors (Lipinski definition) is 2. The molecule has 0 saturated carbocycles. The molecule has 0 aliphatic rings. The maximum absolute atomic E-state index is 13.7. The van der Waals surface area contributed by atoms with Crippen LogP contribution >= 0.6 is 0 Å². The molecule has 140 valence electrons. The Morgan fingerprint density at radius 3 is 2.27 bits per heavy atom. The van der Waals surface area contributed by atoms with Gasteiger partial charge >= 0.3 is 0 Å². The van der Waals surface area contributed by atoms with Crippen LogP contribution < -0.4 is 10.6 Å². The summed E-state index contributed by atoms with van der Waals surface area (Å²) >= 11 is 0. The highest BCUT2D eigenvalue weighted by molar-refractivity contribution is 5.79. The molecule has 0 saturated heterocycles. The van der Waals surface area contributed by atoms with E-state index in [0.29, 0.717) is 12.5 Å². The summed E-state index contributed by atoms with van der Waals surface area (Å²) in [6.45, 7) is 0.608. The highest BCUT2D eigenvalue weighted by Crippen LogP contribution is 2.17. The second-order valence-corrected chi connectivity index (χ2v) is 6.07. The Morgan fingerprint density at radius 2 is 1.65 bits per heavy atom. The Bertz CT molecular complexity index is 745. The Balaban J connectivity index is 1.98. The van der Waals surface area contributed by atoms with Gasteiger partial charge in [-0.15, -0.1) is 0 Å². The highest BCUT2D eigenvalue weighted by atomic mass is 19.1. The zero-order valence-electron chi connectivity index (χ0n) is 15.1. The van der Waals surface area contributed by atoms with Gasteiger partial charge in [-0.3, -0.25) is 4.99 Å². The van der Waals surface area contributed by atoms with Crippen molar-refractivity contribution in [2.75, 3.05) is 27.7 Å². The van der Waals surface area contributed by atoms with Crippen LogP contribution in [0.25, 0.3) is 0 Å². The minimum Gasteiger partial charge on any atom is -0.354 e. The molecular formula is C19H23F3N4. The van der Waals surface area contributed by atoms with E-state index in [0.717, 1.165) is 23.8 Å². The molecule has 0 spiro atoms. The van der Waals surface area contributed by atoms with Gasteiger partial charge in [-0.05, 0) is 50.0 Å². The van der Waals surface area contributed by atoms with Gasteiger partial charge in [0.2, 0.25) is 0 Å². The summed E-state index contributed by atoms with van der Waals surface area (Å²) in [6, 6.07) is 9.63. The fourth-order valence-electron chi connectivity index (χ4n) is 2.56. The van der Waals surface area contributed by atoms with Crippen molar-refractivity contribution in [2.45, 2.75) is 12.6 Å². The molecule has 26 heavy (non-hydrogen) atoms. The van der Waals surface area contributed by atoms with Crippen molar-refractivity contribution >= 4 is 5.96 Å². The maximum atomic E-state index is 13.7. The number of hydrogen-bond donors (Lipinski definition) is 2. The fraction of sp³-hybridized carbons (Fsp3) is 0.316. The molecule has 2 aromatic rings. The molecule has 7 heteroatoms. The van der Waals surface area contributed by atoms with E-state index in [9.17, 15) is 13.2 Å². The maximum Gasteiger partial charge on any atom is 0.191 e. The molecule has 2 aromatic carbocycles. The number of halogens is 3. The van der Waals surface area contributed by atoms with E-state index in [-0.39, 0.29) is 24.0 Å². The lowest BCUT2D eigenvalue weighted by Crippen LogP contribution is -2.41. The second-order valence-electron chi connectivity index (χ2n) is 6.07. The summed E-state index contributed by atoms with van der Waals surface area (Å²) in [5.74, 6) is -0.793. The normalized spacial score (nSPS) is 13.0. The number of aliphatic imine (C=N–C) groups is 1. The van der Waals surface area contributed by atoms with Crippen molar-refractivity contribution in [3.05, 3.63) is 71.0 Å². The minimum atomic E-state index is -0.491. The van der Waals surface area contributed by atoms with E-state index in [2.05, 4.69) is 15.6 Å². The van der Waals surface area contributed by atoms with Gasteiger partial charge in [0, 0.05) is 25.7 Å². The van der Waals surface area contributed by atoms with Gasteiger partial charge in [-0.2, -0.15) is 0 Å². The van der Waals surface area contributed by atoms with Gasteiger partial charge in [0.05, 0.1) is 6.04 Å². The molecular weight excluding hydrogens is 341 g/mol. The van der Waals surface area contributed by atoms with Gasteiger partial charge in [0.1, 0.15) is 17.5 Å². The van der Waals surface area contributed by atoms with Crippen LogP contribution in [0.15, 0.2) is 47.5 Å². The summed E-state index contributed by atoms with van der Waals surface area (Å²) in [6.07, 6.45) is 0. The molecule has 0 fully saturated rings. The second kappa shape index (κ2) is 9.24. The lowest BCUT2D eigenvalue weighted by Gasteiger charge is -2.26. The first-order chi connectivity index (χ1) is 12.4. The molecule has 4 nitrogen and oxygen atoms in total. The van der Waals surface area contributed by atoms with Crippen LogP contribution in [0.5, 0.6) is 0 Å². The zero-order chi connectivity index (χ0) is 19.1. The lowest BCUT2D eigenvalue weighted by molar-refractivity contribution is 0.298. The molecule has 0 aliphatic heterocycles. The van der Waals surface area contributed by atoms with Crippen molar-refractivity contribution in [3.8, 4) is 0 Å². The van der Waals surface area contributed by atoms with E-state index in [1.807, 2.05) is 19.0 Å². The number of guanidine groups is 1. The van der Waals surface area contributed by atoms with Crippen molar-refractivity contribution < 1.29 is 13.2 Å². The van der Waals surface area contributed by atoms with Crippen LogP contribution in [0.3, 0.4) is 0 Å². The zero-order valence-corrected chi connectivity index (χ0v) is 15.1. The quantitative estimate of drug-likeness (QED) is 0.611. The van der Waals surface area contributed by atoms with E-state index < -0.39 is 11.6 Å². The van der Waals surface area contributed by atoms with Gasteiger partial charge in [-0.25, -0.2) is 13.2 Å². The summed E-state index contributed by atoms with van der Waals surface area (Å²) in [5, 5.41) is 6.12. The first-order valence-electron chi connectivity index (χ1n) is 8.21. The van der Waals surface area contributed by atoms with E-state index in [4.69, 9.17) is 0 Å². The van der Waals surface area contributed by atoms with Crippen molar-refractivity contribution in [3.63, 3.8) is 0 Å². The molecule has 2 rings (SSSR count). The first kappa shape index (κ1) is 19.8. The van der Waals surface area contributed by atoms with Gasteiger partial charge in [-0.1, -0.05) is 12.1 Å². The average molecular weight is 364 g/mol. The molecule has 0 bridgehead atoms. The number of nitrogens with zero attached hydrogens (tertiary/aromatic N) is 2. The summed E-state index contributed by atoms with van der Waals surface area (Å²) in [7, 11) is 5.45. The summed E-state index contributed by atoms with van der Waals surface area (Å²) in [4.78, 5) is 6.09. The average Bonchev–Trinajstić information content (AvgIpc) is 2.61. The van der Waals surface area contributed by atoms with Crippen LogP contribution in [0.1, 0.15) is 17.2 Å². The Hall–Kier alpha value is -2.54. The molecule has 0 heterocycles. The van der Waals surface area contributed by atoms with E-state index in [1.165, 1.54) is 12.1 Å². The predicted octanol–water partition coefficient (Wildman–Crippen LogP) is 3.07. The highest BCUT2D eigenvalue weighted by Gasteiger charge is 2.15. The Morgan fingerprint density at radius 1 is 1.00 bits per heavy atom. The summed E-state index contributed by atoms with van der Waals surface area (Å²) < 4.78 is 40.1. The van der Waals surface area contributed by atoms with Gasteiger partial charge in [0.15, 0.2) is 5.96 Å². The van der Waals surface area contributed by atoms with E-state index >= 15 is 0 Å². The Labute approximate surface area is 151 Å². The molecule has 0 aromatic heterocycles. The number of benzene rings is 2. The Kier molecular flexibility index (Phi) is 7.03. The van der Waals surface area contributed by atoms with Crippen LogP contribution in [-0.4, -0.2) is 38.5 Å². The van der Waals surface area contributed by atoms with Gasteiger partial charge in [0.25, 0.3) is 0 Å². The van der Waals surface area contributed by atoms with Crippen LogP contribution in [0, 0.1) is 17.5 Å². The topological polar surface area (TPSA) is 39.7 Å². The monoisotopic (exact) mass is 364 g/mol. The van der Waals surface area contributed by atoms with Crippen LogP contribution in [0.2, 0.25) is 0 Å². The van der Waals surface area contributed by atoms with Crippen molar-refractivity contribution in [1.82, 2.24) is 15.5 Å². The molecule has 0 amide bonds. The minimum absolute atomic E-state index is 0.0138. The van der Waals surface area contributed by atoms with Crippen molar-refractivity contribution in [2.24, 2.45) is 4.99 Å². The standard InChI is InChI=1S/C19H23F3N4/c1-23-19(24-11-14-10-16(21)8-9-17(14)22)25-12-18(26(2)3)13-4-6-15(20)7-5-13/h4-10,18H,11-12H2,1-3H3,(H2,23,24,25). The van der Waals surface area contributed by atoms with Crippen LogP contribution in [0.4, 0.5) is 13.2 Å². The summed E-state index contributed by atoms with van der Waals surface area (Å²) in [5.41, 5.74) is 1.17. The largest absolute Gasteiger partial charge is 0.354 e. The van der Waals surface area contributed by atoms with Crippen LogP contribution in [-0.2, 0) is 6.54 Å². The number of rotatable bonds is 6. The number of likely N-dealkylation sites (N-methyl/N-ethyl adjacent to an activating group) is 1. The fourth-order valence-corrected chi connectivity index (χ4v) is 2.56. The molecule has 0 radical (unpaired) electrons. The molecule has 1 unspecified atom stereocenters. The SMILES string of the molecule is CN=C(NCc1cc(F)ccc1F)NCC(c1ccc(F)cc1)N(C)C. The van der Waals surface area contributed by atoms with E-state index in [1.54, 1.807) is 19.2 Å². The third-order valence-corrected chi connectivity index (χ3v) is 4.02. The smallest absolute Gasteiger partial charge is 0.191 e. The predicted molar refractivity (Wildman–Crippen MR) is 97.4 cm³/mol. The van der Waals surface area contributed by atoms with Gasteiger partial charge < -0.3 is 15.5 Å². The third-order valence-electron chi connectivity index (χ3n) is 4.02. The first-order valence-corrected chi connectivity index (χ1v) is 8.21. The third kappa shape index (κ3) is 5.49.